The lowest BCUT2D eigenvalue weighted by Gasteiger charge is -2.10. The lowest BCUT2D eigenvalue weighted by Crippen LogP contribution is -2.23. The molecular weight excluding hydrogens is 242 g/mol. The van der Waals surface area contributed by atoms with Crippen LogP contribution in [0, 0.1) is 0 Å². The van der Waals surface area contributed by atoms with Gasteiger partial charge in [-0.05, 0) is 44.5 Å². The number of methoxy groups -OCH3 is 2. The van der Waals surface area contributed by atoms with Crippen LogP contribution in [0.25, 0.3) is 0 Å². The highest BCUT2D eigenvalue weighted by Crippen LogP contribution is 2.27. The zero-order valence-electron chi connectivity index (χ0n) is 12.4. The van der Waals surface area contributed by atoms with Gasteiger partial charge in [-0.1, -0.05) is 6.07 Å². The van der Waals surface area contributed by atoms with E-state index in [2.05, 4.69) is 11.4 Å². The van der Waals surface area contributed by atoms with Crippen LogP contribution in [0.15, 0.2) is 18.2 Å². The summed E-state index contributed by atoms with van der Waals surface area (Å²) in [5.74, 6) is 1.55. The van der Waals surface area contributed by atoms with Gasteiger partial charge in [0, 0.05) is 6.54 Å². The summed E-state index contributed by atoms with van der Waals surface area (Å²) in [6.07, 6.45) is 1.26. The van der Waals surface area contributed by atoms with Gasteiger partial charge in [0.15, 0.2) is 11.5 Å². The number of hydrogen-bond acceptors (Lipinski definition) is 4. The van der Waals surface area contributed by atoms with Gasteiger partial charge in [0.1, 0.15) is 0 Å². The van der Waals surface area contributed by atoms with Crippen LogP contribution in [0.3, 0.4) is 0 Å². The molecule has 0 aliphatic carbocycles. The maximum atomic E-state index is 5.46. The number of nitrogens with one attached hydrogen (secondary N) is 1. The molecule has 0 bridgehead atoms. The van der Waals surface area contributed by atoms with Crippen LogP contribution in [0.5, 0.6) is 11.5 Å². The normalized spacial score (nSPS) is 10.8. The Labute approximate surface area is 116 Å². The SMILES string of the molecule is COc1ccc(CCNCCOC(C)C)cc1OC. The average molecular weight is 267 g/mol. The van der Waals surface area contributed by atoms with E-state index in [1.165, 1.54) is 5.56 Å². The van der Waals surface area contributed by atoms with Crippen molar-refractivity contribution < 1.29 is 14.2 Å². The molecule has 1 aromatic carbocycles. The molecule has 0 aromatic heterocycles. The summed E-state index contributed by atoms with van der Waals surface area (Å²) in [6, 6.07) is 6.02. The molecule has 0 aliphatic heterocycles. The number of benzene rings is 1. The summed E-state index contributed by atoms with van der Waals surface area (Å²) >= 11 is 0. The number of rotatable bonds is 9. The van der Waals surface area contributed by atoms with Crippen molar-refractivity contribution in [2.45, 2.75) is 26.4 Å². The van der Waals surface area contributed by atoms with E-state index in [-0.39, 0.29) is 0 Å². The molecule has 0 spiro atoms. The first-order chi connectivity index (χ1) is 9.17. The van der Waals surface area contributed by atoms with Gasteiger partial charge < -0.3 is 19.5 Å². The van der Waals surface area contributed by atoms with Crippen LogP contribution in [0.1, 0.15) is 19.4 Å². The molecule has 1 N–H and O–H groups in total. The predicted molar refractivity (Wildman–Crippen MR) is 77.2 cm³/mol. The van der Waals surface area contributed by atoms with Crippen molar-refractivity contribution in [1.82, 2.24) is 5.32 Å². The summed E-state index contributed by atoms with van der Waals surface area (Å²) in [5, 5.41) is 3.36. The molecule has 19 heavy (non-hydrogen) atoms. The highest BCUT2D eigenvalue weighted by atomic mass is 16.5. The van der Waals surface area contributed by atoms with Crippen molar-refractivity contribution in [3.8, 4) is 11.5 Å². The molecule has 0 unspecified atom stereocenters. The van der Waals surface area contributed by atoms with Crippen LogP contribution < -0.4 is 14.8 Å². The van der Waals surface area contributed by atoms with Crippen molar-refractivity contribution in [3.05, 3.63) is 23.8 Å². The van der Waals surface area contributed by atoms with Gasteiger partial charge in [0.2, 0.25) is 0 Å². The van der Waals surface area contributed by atoms with E-state index in [9.17, 15) is 0 Å². The van der Waals surface area contributed by atoms with E-state index in [1.54, 1.807) is 14.2 Å². The van der Waals surface area contributed by atoms with E-state index in [4.69, 9.17) is 14.2 Å². The fourth-order valence-corrected chi connectivity index (χ4v) is 1.76. The molecule has 4 heteroatoms. The van der Waals surface area contributed by atoms with Crippen LogP contribution in [-0.2, 0) is 11.2 Å². The van der Waals surface area contributed by atoms with Gasteiger partial charge in [0.25, 0.3) is 0 Å². The van der Waals surface area contributed by atoms with Crippen LogP contribution in [0.4, 0.5) is 0 Å². The Morgan fingerprint density at radius 2 is 1.79 bits per heavy atom. The fourth-order valence-electron chi connectivity index (χ4n) is 1.76. The molecule has 0 radical (unpaired) electrons. The van der Waals surface area contributed by atoms with Gasteiger partial charge in [-0.3, -0.25) is 0 Å². The van der Waals surface area contributed by atoms with Crippen molar-refractivity contribution in [2.75, 3.05) is 33.9 Å². The van der Waals surface area contributed by atoms with Crippen molar-refractivity contribution in [3.63, 3.8) is 0 Å². The molecule has 1 rings (SSSR count). The predicted octanol–water partition coefficient (Wildman–Crippen LogP) is 2.26. The highest BCUT2D eigenvalue weighted by Gasteiger charge is 2.04. The maximum Gasteiger partial charge on any atom is 0.160 e. The van der Waals surface area contributed by atoms with Crippen molar-refractivity contribution in [1.29, 1.82) is 0 Å². The quantitative estimate of drug-likeness (QED) is 0.697. The zero-order chi connectivity index (χ0) is 14.1. The third-order valence-corrected chi connectivity index (χ3v) is 2.77. The summed E-state index contributed by atoms with van der Waals surface area (Å²) in [5.41, 5.74) is 1.23. The smallest absolute Gasteiger partial charge is 0.160 e. The van der Waals surface area contributed by atoms with Crippen molar-refractivity contribution in [2.24, 2.45) is 0 Å². The van der Waals surface area contributed by atoms with Gasteiger partial charge in [-0.25, -0.2) is 0 Å². The molecule has 0 heterocycles. The lowest BCUT2D eigenvalue weighted by molar-refractivity contribution is 0.0810. The van der Waals surface area contributed by atoms with E-state index in [0.717, 1.165) is 37.6 Å². The van der Waals surface area contributed by atoms with E-state index in [0.29, 0.717) is 6.10 Å². The number of ether oxygens (including phenoxy) is 3. The standard InChI is InChI=1S/C15H25NO3/c1-12(2)19-10-9-16-8-7-13-5-6-14(17-3)15(11-13)18-4/h5-6,11-12,16H,7-10H2,1-4H3. The first kappa shape index (κ1) is 15.8. The van der Waals surface area contributed by atoms with E-state index < -0.39 is 0 Å². The fraction of sp³-hybridized carbons (Fsp3) is 0.600. The zero-order valence-corrected chi connectivity index (χ0v) is 12.4. The second kappa shape index (κ2) is 8.77. The molecule has 4 nitrogen and oxygen atoms in total. The van der Waals surface area contributed by atoms with Gasteiger partial charge >= 0.3 is 0 Å². The van der Waals surface area contributed by atoms with Gasteiger partial charge in [-0.2, -0.15) is 0 Å². The topological polar surface area (TPSA) is 39.7 Å². The molecule has 0 aliphatic rings. The average Bonchev–Trinajstić information content (AvgIpc) is 2.42. The lowest BCUT2D eigenvalue weighted by atomic mass is 10.1. The van der Waals surface area contributed by atoms with E-state index >= 15 is 0 Å². The molecule has 1 aromatic rings. The van der Waals surface area contributed by atoms with Crippen LogP contribution in [-0.4, -0.2) is 40.0 Å². The summed E-state index contributed by atoms with van der Waals surface area (Å²) in [7, 11) is 3.30. The van der Waals surface area contributed by atoms with Gasteiger partial charge in [-0.15, -0.1) is 0 Å². The minimum Gasteiger partial charge on any atom is -0.493 e. The largest absolute Gasteiger partial charge is 0.493 e. The molecule has 0 saturated heterocycles. The second-order valence-corrected chi connectivity index (χ2v) is 4.61. The minimum absolute atomic E-state index is 0.299. The summed E-state index contributed by atoms with van der Waals surface area (Å²) in [4.78, 5) is 0. The Hall–Kier alpha value is -1.26. The first-order valence-electron chi connectivity index (χ1n) is 6.70. The third-order valence-electron chi connectivity index (χ3n) is 2.77. The maximum absolute atomic E-state index is 5.46. The molecular formula is C15H25NO3. The third kappa shape index (κ3) is 5.94. The van der Waals surface area contributed by atoms with E-state index in [1.807, 2.05) is 26.0 Å². The Bertz CT molecular complexity index is 366. The molecule has 108 valence electrons. The Morgan fingerprint density at radius 1 is 1.05 bits per heavy atom. The second-order valence-electron chi connectivity index (χ2n) is 4.61. The Balaban J connectivity index is 2.29. The summed E-state index contributed by atoms with van der Waals surface area (Å²) in [6.45, 7) is 6.65. The number of hydrogen-bond donors (Lipinski definition) is 1. The van der Waals surface area contributed by atoms with Crippen molar-refractivity contribution >= 4 is 0 Å². The minimum atomic E-state index is 0.299. The monoisotopic (exact) mass is 267 g/mol. The molecule has 0 atom stereocenters. The Morgan fingerprint density at radius 3 is 2.42 bits per heavy atom. The highest BCUT2D eigenvalue weighted by molar-refractivity contribution is 5.42. The Kier molecular flexibility index (Phi) is 7.30. The molecule has 0 fully saturated rings. The molecule has 0 amide bonds. The molecule has 0 saturated carbocycles. The first-order valence-corrected chi connectivity index (χ1v) is 6.70. The van der Waals surface area contributed by atoms with Gasteiger partial charge in [0.05, 0.1) is 26.9 Å². The summed E-state index contributed by atoms with van der Waals surface area (Å²) < 4.78 is 16.0. The van der Waals surface area contributed by atoms with Crippen LogP contribution >= 0.6 is 0 Å². The van der Waals surface area contributed by atoms with Crippen LogP contribution in [0.2, 0.25) is 0 Å².